The molecule has 322 valence electrons. The number of para-hydroxylation sites is 1. The predicted octanol–water partition coefficient (Wildman–Crippen LogP) is 6.92. The number of hydrogen-bond acceptors (Lipinski definition) is 12. The molecular formula is C45H55ClN10O4S. The second-order valence-corrected chi connectivity index (χ2v) is 18.4. The molecule has 0 bridgehead atoms. The van der Waals surface area contributed by atoms with Gasteiger partial charge in [0.1, 0.15) is 22.3 Å². The number of halogens is 1. The van der Waals surface area contributed by atoms with E-state index in [9.17, 15) is 19.2 Å². The molecule has 1 spiro atoms. The van der Waals surface area contributed by atoms with Crippen molar-refractivity contribution in [2.45, 2.75) is 77.6 Å². The molecule has 16 heteroatoms. The maximum absolute atomic E-state index is 13.2. The Morgan fingerprint density at radius 2 is 1.64 bits per heavy atom. The summed E-state index contributed by atoms with van der Waals surface area (Å²) in [6.45, 7) is 12.0. The molecule has 4 aliphatic rings. The molecule has 4 saturated heterocycles. The van der Waals surface area contributed by atoms with Gasteiger partial charge in [0.2, 0.25) is 17.7 Å². The van der Waals surface area contributed by atoms with Crippen molar-refractivity contribution in [1.29, 1.82) is 0 Å². The third-order valence-electron chi connectivity index (χ3n) is 13.0. The third-order valence-corrected chi connectivity index (χ3v) is 14.2. The van der Waals surface area contributed by atoms with Crippen molar-refractivity contribution in [2.75, 3.05) is 79.3 Å². The summed E-state index contributed by atoms with van der Waals surface area (Å²) < 4.78 is 0. The number of hydrogen-bond donors (Lipinski definition) is 3. The van der Waals surface area contributed by atoms with E-state index < -0.39 is 0 Å². The van der Waals surface area contributed by atoms with Crippen molar-refractivity contribution in [3.05, 3.63) is 81.6 Å². The molecule has 4 aliphatic heterocycles. The van der Waals surface area contributed by atoms with Crippen LogP contribution in [0.25, 0.3) is 0 Å². The molecule has 0 aliphatic carbocycles. The minimum absolute atomic E-state index is 0.185. The fourth-order valence-electron chi connectivity index (χ4n) is 9.16. The van der Waals surface area contributed by atoms with Gasteiger partial charge < -0.3 is 25.3 Å². The van der Waals surface area contributed by atoms with E-state index in [0.29, 0.717) is 62.9 Å². The van der Waals surface area contributed by atoms with Crippen molar-refractivity contribution in [2.24, 2.45) is 5.41 Å². The number of piperazine rings is 1. The first-order valence-corrected chi connectivity index (χ1v) is 22.8. The number of aromatic nitrogens is 3. The van der Waals surface area contributed by atoms with Crippen LogP contribution in [0, 0.1) is 19.3 Å². The number of amides is 4. The molecule has 8 rings (SSSR count). The monoisotopic (exact) mass is 866 g/mol. The van der Waals surface area contributed by atoms with Gasteiger partial charge in [-0.05, 0) is 100 Å². The topological polar surface area (TPSA) is 156 Å². The molecule has 4 aromatic rings. The number of piperidine rings is 3. The lowest BCUT2D eigenvalue weighted by Crippen LogP contribution is -2.48. The van der Waals surface area contributed by atoms with Gasteiger partial charge in [-0.15, -0.1) is 0 Å². The Labute approximate surface area is 366 Å². The van der Waals surface area contributed by atoms with Gasteiger partial charge in [0.25, 0.3) is 5.91 Å². The van der Waals surface area contributed by atoms with Gasteiger partial charge in [-0.1, -0.05) is 47.2 Å². The maximum Gasteiger partial charge on any atom is 0.267 e. The summed E-state index contributed by atoms with van der Waals surface area (Å²) in [5, 5.41) is 9.67. The molecule has 0 radical (unpaired) electrons. The van der Waals surface area contributed by atoms with E-state index in [1.807, 2.05) is 44.2 Å². The van der Waals surface area contributed by atoms with Crippen LogP contribution in [0.4, 0.5) is 28.1 Å². The van der Waals surface area contributed by atoms with Crippen molar-refractivity contribution in [3.63, 3.8) is 0 Å². The second kappa shape index (κ2) is 18.9. The van der Waals surface area contributed by atoms with Gasteiger partial charge in [-0.2, -0.15) is 0 Å². The molecule has 0 saturated carbocycles. The number of thiazole rings is 1. The Morgan fingerprint density at radius 3 is 2.36 bits per heavy atom. The standard InChI is InChI=1S/C45H55ClN10O4S/c1-30-6-5-7-35(46)41(30)52-43(60)36-29-47-44(61-36)50-37-28-38(49-31(2)48-37)55-26-24-53(25-27-55)19-4-3-8-40(58)56-22-17-45(18-23-56)15-20-54(21-16-45)33-11-9-32(10-12-33)34-13-14-39(57)51-42(34)59/h5-7,9-12,28-29,34H,3-4,8,13-27H2,1-2H3,(H,52,60)(H,51,57,59)(H,47,48,49,50). The van der Waals surface area contributed by atoms with Crippen LogP contribution in [0.15, 0.2) is 54.7 Å². The lowest BCUT2D eigenvalue weighted by Gasteiger charge is -2.47. The van der Waals surface area contributed by atoms with E-state index in [2.05, 4.69) is 57.7 Å². The number of aryl methyl sites for hydroxylation is 2. The molecule has 4 fully saturated rings. The normalized spacial score (nSPS) is 19.5. The molecule has 14 nitrogen and oxygen atoms in total. The van der Waals surface area contributed by atoms with Gasteiger partial charge in [-0.3, -0.25) is 29.4 Å². The average Bonchev–Trinajstić information content (AvgIpc) is 3.73. The highest BCUT2D eigenvalue weighted by Gasteiger charge is 2.38. The lowest BCUT2D eigenvalue weighted by molar-refractivity contribution is -0.135. The largest absolute Gasteiger partial charge is 0.371 e. The number of unbranched alkanes of at least 4 members (excludes halogenated alkanes) is 1. The number of nitrogens with zero attached hydrogens (tertiary/aromatic N) is 7. The third kappa shape index (κ3) is 10.3. The zero-order valence-electron chi connectivity index (χ0n) is 35.1. The lowest BCUT2D eigenvalue weighted by atomic mass is 9.71. The Kier molecular flexibility index (Phi) is 13.2. The van der Waals surface area contributed by atoms with Gasteiger partial charge in [0, 0.05) is 77.0 Å². The Bertz CT molecular complexity index is 2210. The smallest absolute Gasteiger partial charge is 0.267 e. The number of anilines is 5. The number of benzene rings is 2. The summed E-state index contributed by atoms with van der Waals surface area (Å²) in [4.78, 5) is 73.5. The van der Waals surface area contributed by atoms with Crippen LogP contribution in [-0.4, -0.2) is 107 Å². The van der Waals surface area contributed by atoms with E-state index in [0.717, 1.165) is 114 Å². The minimum atomic E-state index is -0.272. The molecule has 2 aromatic heterocycles. The highest BCUT2D eigenvalue weighted by molar-refractivity contribution is 7.17. The average molecular weight is 868 g/mol. The van der Waals surface area contributed by atoms with Gasteiger partial charge >= 0.3 is 0 Å². The van der Waals surface area contributed by atoms with Crippen molar-refractivity contribution >= 4 is 74.7 Å². The van der Waals surface area contributed by atoms with Crippen LogP contribution >= 0.6 is 22.9 Å². The summed E-state index contributed by atoms with van der Waals surface area (Å²) in [7, 11) is 0. The molecular weight excluding hydrogens is 812 g/mol. The Balaban J connectivity index is 0.721. The quantitative estimate of drug-likeness (QED) is 0.100. The van der Waals surface area contributed by atoms with Crippen molar-refractivity contribution < 1.29 is 19.2 Å². The van der Waals surface area contributed by atoms with Crippen molar-refractivity contribution in [3.8, 4) is 0 Å². The van der Waals surface area contributed by atoms with Crippen molar-refractivity contribution in [1.82, 2.24) is 30.1 Å². The highest BCUT2D eigenvalue weighted by Crippen LogP contribution is 2.42. The highest BCUT2D eigenvalue weighted by atomic mass is 35.5. The van der Waals surface area contributed by atoms with E-state index in [4.69, 9.17) is 16.6 Å². The first-order valence-electron chi connectivity index (χ1n) is 21.6. The molecule has 2 aromatic carbocycles. The zero-order chi connectivity index (χ0) is 42.5. The first kappa shape index (κ1) is 42.6. The number of imide groups is 1. The summed E-state index contributed by atoms with van der Waals surface area (Å²) in [5.74, 6) is 1.52. The van der Waals surface area contributed by atoms with Crippen LogP contribution in [0.5, 0.6) is 0 Å². The summed E-state index contributed by atoms with van der Waals surface area (Å²) in [6, 6.07) is 15.7. The van der Waals surface area contributed by atoms with Gasteiger partial charge in [0.15, 0.2) is 5.13 Å². The minimum Gasteiger partial charge on any atom is -0.371 e. The van der Waals surface area contributed by atoms with Crippen LogP contribution in [-0.2, 0) is 14.4 Å². The molecule has 4 amide bonds. The number of rotatable bonds is 12. The van der Waals surface area contributed by atoms with Crippen LogP contribution in [0.1, 0.15) is 90.3 Å². The first-order chi connectivity index (χ1) is 29.5. The van der Waals surface area contributed by atoms with Crippen LogP contribution < -0.4 is 25.8 Å². The maximum atomic E-state index is 13.2. The Morgan fingerprint density at radius 1 is 0.902 bits per heavy atom. The molecule has 6 heterocycles. The zero-order valence-corrected chi connectivity index (χ0v) is 36.6. The number of carbonyl (C=O) groups excluding carboxylic acids is 4. The number of nitrogens with one attached hydrogen (secondary N) is 3. The van der Waals surface area contributed by atoms with Crippen LogP contribution in [0.2, 0.25) is 5.02 Å². The molecule has 1 atom stereocenters. The Hall–Kier alpha value is -5.12. The van der Waals surface area contributed by atoms with E-state index in [1.165, 1.54) is 17.0 Å². The fourth-order valence-corrected chi connectivity index (χ4v) is 10.1. The van der Waals surface area contributed by atoms with Gasteiger partial charge in [0.05, 0.1) is 22.8 Å². The van der Waals surface area contributed by atoms with E-state index >= 15 is 0 Å². The number of likely N-dealkylation sites (tertiary alicyclic amines) is 1. The van der Waals surface area contributed by atoms with E-state index in [1.54, 1.807) is 12.3 Å². The summed E-state index contributed by atoms with van der Waals surface area (Å²) in [6.07, 6.45) is 9.42. The summed E-state index contributed by atoms with van der Waals surface area (Å²) in [5.41, 5.74) is 3.94. The molecule has 1 unspecified atom stereocenters. The fraction of sp³-hybridized carbons (Fsp3) is 0.489. The summed E-state index contributed by atoms with van der Waals surface area (Å²) >= 11 is 7.55. The van der Waals surface area contributed by atoms with Crippen LogP contribution in [0.3, 0.4) is 0 Å². The molecule has 61 heavy (non-hydrogen) atoms. The second-order valence-electron chi connectivity index (χ2n) is 16.9. The predicted molar refractivity (Wildman–Crippen MR) is 240 cm³/mol. The van der Waals surface area contributed by atoms with Gasteiger partial charge in [-0.25, -0.2) is 15.0 Å². The SMILES string of the molecule is Cc1nc(Nc2ncc(C(=O)Nc3c(C)cccc3Cl)s2)cc(N2CCN(CCCCC(=O)N3CCC4(CC3)CCN(c3ccc(C5CCC(=O)NC5=O)cc3)CC4)CC2)n1. The van der Waals surface area contributed by atoms with E-state index in [-0.39, 0.29) is 23.6 Å². The molecule has 3 N–H and O–H groups in total. The number of carbonyl (C=O) groups is 4.